The van der Waals surface area contributed by atoms with Crippen LogP contribution < -0.4 is 10.6 Å². The van der Waals surface area contributed by atoms with Crippen LogP contribution in [0, 0.1) is 13.8 Å². The van der Waals surface area contributed by atoms with E-state index in [2.05, 4.69) is 58.7 Å². The molecule has 0 fully saturated rings. The fraction of sp³-hybridized carbons (Fsp3) is 0.500. The van der Waals surface area contributed by atoms with E-state index >= 15 is 0 Å². The van der Waals surface area contributed by atoms with Crippen LogP contribution in [0.2, 0.25) is 0 Å². The first-order valence-corrected chi connectivity index (χ1v) is 10.00. The summed E-state index contributed by atoms with van der Waals surface area (Å²) in [5.74, 6) is 0.833. The van der Waals surface area contributed by atoms with Crippen molar-refractivity contribution in [3.05, 3.63) is 51.5 Å². The van der Waals surface area contributed by atoms with Crippen molar-refractivity contribution in [1.82, 2.24) is 15.6 Å². The lowest BCUT2D eigenvalue weighted by atomic mass is 10.2. The van der Waals surface area contributed by atoms with Gasteiger partial charge in [0.2, 0.25) is 0 Å². The third kappa shape index (κ3) is 7.54. The number of hydrogen-bond acceptors (Lipinski definition) is 4. The number of nitrogens with zero attached hydrogens (tertiary/aromatic N) is 2. The van der Waals surface area contributed by atoms with E-state index in [1.54, 1.807) is 18.4 Å². The summed E-state index contributed by atoms with van der Waals surface area (Å²) in [6.07, 6.45) is 2.84. The fourth-order valence-electron chi connectivity index (χ4n) is 2.47. The molecule has 0 aliphatic rings. The molecular weight excluding hydrogens is 344 g/mol. The minimum absolute atomic E-state index is 0.758. The Morgan fingerprint density at radius 2 is 1.85 bits per heavy atom. The lowest BCUT2D eigenvalue weighted by Crippen LogP contribution is -2.39. The molecule has 0 bridgehead atoms. The molecule has 2 rings (SSSR count). The van der Waals surface area contributed by atoms with Crippen LogP contribution >= 0.6 is 11.3 Å². The number of benzene rings is 1. The number of aryl methyl sites for hydroxylation is 2. The molecule has 5 nitrogen and oxygen atoms in total. The molecule has 2 N–H and O–H groups in total. The molecule has 0 radical (unpaired) electrons. The molecule has 0 aliphatic heterocycles. The number of thiazole rings is 1. The highest BCUT2D eigenvalue weighted by Gasteiger charge is 2.04. The molecule has 0 unspecified atom stereocenters. The Hall–Kier alpha value is -1.92. The van der Waals surface area contributed by atoms with Gasteiger partial charge in [-0.05, 0) is 32.3 Å². The monoisotopic (exact) mass is 374 g/mol. The van der Waals surface area contributed by atoms with Crippen molar-refractivity contribution in [2.75, 3.05) is 33.4 Å². The summed E-state index contributed by atoms with van der Waals surface area (Å²) in [5, 5.41) is 7.83. The lowest BCUT2D eigenvalue weighted by molar-refractivity contribution is 0.135. The van der Waals surface area contributed by atoms with Crippen molar-refractivity contribution < 1.29 is 4.74 Å². The second kappa shape index (κ2) is 11.6. The van der Waals surface area contributed by atoms with Crippen LogP contribution in [0.25, 0.3) is 0 Å². The molecular formula is C20H30N4OS. The third-order valence-corrected chi connectivity index (χ3v) is 5.20. The maximum Gasteiger partial charge on any atom is 0.190 e. The number of guanidine groups is 1. The number of ether oxygens (including phenoxy) is 1. The average Bonchev–Trinajstić information content (AvgIpc) is 2.98. The van der Waals surface area contributed by atoms with Gasteiger partial charge in [0.25, 0.3) is 0 Å². The Bertz CT molecular complexity index is 650. The zero-order valence-electron chi connectivity index (χ0n) is 16.0. The SMILES string of the molecule is CN=C(NCCCOCCc1ccccc1)NCCc1nc(C)c(C)s1. The largest absolute Gasteiger partial charge is 0.381 e. The van der Waals surface area contributed by atoms with Crippen LogP contribution in [0.3, 0.4) is 0 Å². The summed E-state index contributed by atoms with van der Waals surface area (Å²) in [6, 6.07) is 10.4. The molecule has 0 aliphatic carbocycles. The zero-order chi connectivity index (χ0) is 18.6. The van der Waals surface area contributed by atoms with E-state index in [1.165, 1.54) is 15.4 Å². The van der Waals surface area contributed by atoms with Crippen LogP contribution in [0.5, 0.6) is 0 Å². The minimum atomic E-state index is 0.758. The molecule has 6 heteroatoms. The third-order valence-electron chi connectivity index (χ3n) is 4.06. The van der Waals surface area contributed by atoms with Crippen molar-refractivity contribution in [2.45, 2.75) is 33.1 Å². The van der Waals surface area contributed by atoms with Gasteiger partial charge in [0.1, 0.15) is 0 Å². The van der Waals surface area contributed by atoms with Gasteiger partial charge in [-0.15, -0.1) is 11.3 Å². The van der Waals surface area contributed by atoms with Gasteiger partial charge in [-0.25, -0.2) is 4.98 Å². The highest BCUT2D eigenvalue weighted by molar-refractivity contribution is 7.11. The maximum absolute atomic E-state index is 5.70. The molecule has 0 atom stereocenters. The first-order chi connectivity index (χ1) is 12.7. The summed E-state index contributed by atoms with van der Waals surface area (Å²) >= 11 is 1.77. The van der Waals surface area contributed by atoms with Crippen molar-refractivity contribution in [1.29, 1.82) is 0 Å². The van der Waals surface area contributed by atoms with Gasteiger partial charge in [-0.2, -0.15) is 0 Å². The van der Waals surface area contributed by atoms with Gasteiger partial charge >= 0.3 is 0 Å². The van der Waals surface area contributed by atoms with E-state index < -0.39 is 0 Å². The zero-order valence-corrected chi connectivity index (χ0v) is 16.9. The molecule has 0 spiro atoms. The van der Waals surface area contributed by atoms with Gasteiger partial charge < -0.3 is 15.4 Å². The Morgan fingerprint density at radius 1 is 1.08 bits per heavy atom. The van der Waals surface area contributed by atoms with Crippen LogP contribution in [0.1, 0.15) is 27.6 Å². The van der Waals surface area contributed by atoms with E-state index in [9.17, 15) is 0 Å². The molecule has 2 aromatic rings. The van der Waals surface area contributed by atoms with Gasteiger partial charge in [0.15, 0.2) is 5.96 Å². The Balaban J connectivity index is 1.50. The average molecular weight is 375 g/mol. The highest BCUT2D eigenvalue weighted by atomic mass is 32.1. The number of hydrogen-bond donors (Lipinski definition) is 2. The standard InChI is InChI=1S/C20H30N4OS/c1-16-17(2)26-19(24-16)10-13-23-20(21-3)22-12-7-14-25-15-11-18-8-5-4-6-9-18/h4-6,8-9H,7,10-15H2,1-3H3,(H2,21,22,23). The van der Waals surface area contributed by atoms with Crippen molar-refractivity contribution in [3.8, 4) is 0 Å². The first-order valence-electron chi connectivity index (χ1n) is 9.18. The summed E-state index contributed by atoms with van der Waals surface area (Å²) in [5.41, 5.74) is 2.46. The second-order valence-electron chi connectivity index (χ2n) is 6.13. The number of aliphatic imine (C=N–C) groups is 1. The summed E-state index contributed by atoms with van der Waals surface area (Å²) in [4.78, 5) is 10.1. The first kappa shape index (κ1) is 20.4. The second-order valence-corrected chi connectivity index (χ2v) is 7.41. The van der Waals surface area contributed by atoms with Crippen molar-refractivity contribution in [2.24, 2.45) is 4.99 Å². The highest BCUT2D eigenvalue weighted by Crippen LogP contribution is 2.16. The van der Waals surface area contributed by atoms with Gasteiger partial charge in [-0.1, -0.05) is 30.3 Å². The molecule has 0 saturated carbocycles. The van der Waals surface area contributed by atoms with Gasteiger partial charge in [0.05, 0.1) is 17.3 Å². The molecule has 0 amide bonds. The van der Waals surface area contributed by atoms with E-state index in [-0.39, 0.29) is 0 Å². The molecule has 142 valence electrons. The molecule has 1 aromatic carbocycles. The van der Waals surface area contributed by atoms with E-state index in [0.717, 1.165) is 57.2 Å². The number of rotatable bonds is 10. The quantitative estimate of drug-likeness (QED) is 0.381. The van der Waals surface area contributed by atoms with Crippen molar-refractivity contribution in [3.63, 3.8) is 0 Å². The molecule has 1 aromatic heterocycles. The van der Waals surface area contributed by atoms with Crippen LogP contribution in [0.15, 0.2) is 35.3 Å². The summed E-state index contributed by atoms with van der Waals surface area (Å²) < 4.78 is 5.70. The number of nitrogens with one attached hydrogen (secondary N) is 2. The Morgan fingerprint density at radius 3 is 2.54 bits per heavy atom. The maximum atomic E-state index is 5.70. The topological polar surface area (TPSA) is 58.5 Å². The molecule has 26 heavy (non-hydrogen) atoms. The Labute approximate surface area is 160 Å². The summed E-state index contributed by atoms with van der Waals surface area (Å²) in [6.45, 7) is 7.38. The minimum Gasteiger partial charge on any atom is -0.381 e. The van der Waals surface area contributed by atoms with Crippen LogP contribution in [0.4, 0.5) is 0 Å². The van der Waals surface area contributed by atoms with Crippen LogP contribution in [-0.4, -0.2) is 44.3 Å². The molecule has 1 heterocycles. The van der Waals surface area contributed by atoms with Crippen LogP contribution in [-0.2, 0) is 17.6 Å². The Kier molecular flexibility index (Phi) is 9.14. The van der Waals surface area contributed by atoms with Crippen molar-refractivity contribution >= 4 is 17.3 Å². The summed E-state index contributed by atoms with van der Waals surface area (Å²) in [7, 11) is 1.80. The lowest BCUT2D eigenvalue weighted by Gasteiger charge is -2.11. The van der Waals surface area contributed by atoms with Gasteiger partial charge in [0, 0.05) is 38.0 Å². The van der Waals surface area contributed by atoms with Gasteiger partial charge in [-0.3, -0.25) is 4.99 Å². The normalized spacial score (nSPS) is 11.6. The molecule has 0 saturated heterocycles. The fourth-order valence-corrected chi connectivity index (χ4v) is 3.41. The van der Waals surface area contributed by atoms with E-state index in [0.29, 0.717) is 0 Å². The smallest absolute Gasteiger partial charge is 0.190 e. The number of aromatic nitrogens is 1. The predicted molar refractivity (Wildman–Crippen MR) is 110 cm³/mol. The predicted octanol–water partition coefficient (Wildman–Crippen LogP) is 3.12. The van der Waals surface area contributed by atoms with E-state index in [1.807, 2.05) is 6.07 Å². The van der Waals surface area contributed by atoms with E-state index in [4.69, 9.17) is 4.74 Å².